The molecule has 1 aromatic heterocycles. The number of amides is 1. The van der Waals surface area contributed by atoms with Crippen LogP contribution in [0.4, 0.5) is 5.69 Å². The lowest BCUT2D eigenvalue weighted by atomic mass is 10.0. The quantitative estimate of drug-likeness (QED) is 0.859. The summed E-state index contributed by atoms with van der Waals surface area (Å²) in [7, 11) is 0. The predicted octanol–water partition coefficient (Wildman–Crippen LogP) is 4.48. The lowest BCUT2D eigenvalue weighted by Crippen LogP contribution is -2.26. The molecule has 106 valence electrons. The number of hydrogen-bond acceptors (Lipinski definition) is 1. The molecule has 20 heavy (non-hydrogen) atoms. The van der Waals surface area contributed by atoms with Gasteiger partial charge in [0.2, 0.25) is 5.91 Å². The third-order valence-corrected chi connectivity index (χ3v) is 3.57. The van der Waals surface area contributed by atoms with Gasteiger partial charge in [-0.25, -0.2) is 0 Å². The van der Waals surface area contributed by atoms with Crippen LogP contribution < -0.4 is 5.32 Å². The van der Waals surface area contributed by atoms with Crippen LogP contribution in [0, 0.1) is 5.92 Å². The Morgan fingerprint density at radius 3 is 2.55 bits per heavy atom. The fourth-order valence-electron chi connectivity index (χ4n) is 2.16. The zero-order valence-electron chi connectivity index (χ0n) is 11.7. The van der Waals surface area contributed by atoms with Crippen molar-refractivity contribution in [3.05, 3.63) is 53.3 Å². The summed E-state index contributed by atoms with van der Waals surface area (Å²) in [5, 5.41) is 2.99. The average molecular weight is 335 g/mol. The molecule has 0 spiro atoms. The maximum atomic E-state index is 12.5. The molecule has 1 heterocycles. The molecule has 1 aromatic carbocycles. The van der Waals surface area contributed by atoms with Gasteiger partial charge in [0.1, 0.15) is 6.04 Å². The van der Waals surface area contributed by atoms with Crippen LogP contribution in [0.2, 0.25) is 0 Å². The van der Waals surface area contributed by atoms with Gasteiger partial charge in [0, 0.05) is 22.6 Å². The summed E-state index contributed by atoms with van der Waals surface area (Å²) in [5.41, 5.74) is 0.810. The first-order valence-electron chi connectivity index (χ1n) is 6.75. The van der Waals surface area contributed by atoms with Crippen LogP contribution >= 0.6 is 15.9 Å². The van der Waals surface area contributed by atoms with Gasteiger partial charge in [-0.1, -0.05) is 35.8 Å². The number of aromatic nitrogens is 1. The molecule has 0 fully saturated rings. The Labute approximate surface area is 128 Å². The van der Waals surface area contributed by atoms with Gasteiger partial charge >= 0.3 is 0 Å². The van der Waals surface area contributed by atoms with Crippen LogP contribution in [0.1, 0.15) is 26.3 Å². The van der Waals surface area contributed by atoms with E-state index in [2.05, 4.69) is 35.1 Å². The molecule has 0 bridgehead atoms. The number of carbonyl (C=O) groups is 1. The molecule has 2 aromatic rings. The Hall–Kier alpha value is -1.55. The highest BCUT2D eigenvalue weighted by atomic mass is 79.9. The SMILES string of the molecule is CC(C)C[C@@H](C(=O)Nc1cccc(Br)c1)n1cccc1. The van der Waals surface area contributed by atoms with Crippen molar-refractivity contribution in [3.8, 4) is 0 Å². The van der Waals surface area contributed by atoms with Gasteiger partial charge in [-0.15, -0.1) is 0 Å². The molecule has 1 N–H and O–H groups in total. The van der Waals surface area contributed by atoms with Gasteiger partial charge in [0.15, 0.2) is 0 Å². The van der Waals surface area contributed by atoms with E-state index in [4.69, 9.17) is 0 Å². The minimum Gasteiger partial charge on any atom is -0.342 e. The number of benzene rings is 1. The first kappa shape index (κ1) is 14.9. The number of halogens is 1. The van der Waals surface area contributed by atoms with Crippen molar-refractivity contribution in [1.82, 2.24) is 4.57 Å². The number of hydrogen-bond donors (Lipinski definition) is 1. The van der Waals surface area contributed by atoms with Gasteiger partial charge in [-0.05, 0) is 42.7 Å². The topological polar surface area (TPSA) is 34.0 Å². The van der Waals surface area contributed by atoms with Crippen LogP contribution in [0.15, 0.2) is 53.3 Å². The molecule has 4 heteroatoms. The minimum absolute atomic E-state index is 0.0213. The van der Waals surface area contributed by atoms with Crippen molar-refractivity contribution in [2.24, 2.45) is 5.92 Å². The molecule has 1 atom stereocenters. The Bertz CT molecular complexity index is 564. The van der Waals surface area contributed by atoms with Crippen LogP contribution in [0.3, 0.4) is 0 Å². The van der Waals surface area contributed by atoms with Gasteiger partial charge in [0.25, 0.3) is 0 Å². The number of rotatable bonds is 5. The van der Waals surface area contributed by atoms with Crippen molar-refractivity contribution in [1.29, 1.82) is 0 Å². The standard InChI is InChI=1S/C16H19BrN2O/c1-12(2)10-15(19-8-3-4-9-19)16(20)18-14-7-5-6-13(17)11-14/h3-9,11-12,15H,10H2,1-2H3,(H,18,20)/t15-/m0/s1. The summed E-state index contributed by atoms with van der Waals surface area (Å²) < 4.78 is 2.92. The van der Waals surface area contributed by atoms with Crippen molar-refractivity contribution in [3.63, 3.8) is 0 Å². The van der Waals surface area contributed by atoms with Gasteiger partial charge in [-0.2, -0.15) is 0 Å². The molecular weight excluding hydrogens is 316 g/mol. The van der Waals surface area contributed by atoms with E-state index >= 15 is 0 Å². The van der Waals surface area contributed by atoms with Crippen LogP contribution in [0.25, 0.3) is 0 Å². The molecule has 0 unspecified atom stereocenters. The predicted molar refractivity (Wildman–Crippen MR) is 85.7 cm³/mol. The second kappa shape index (κ2) is 6.75. The van der Waals surface area contributed by atoms with E-state index in [-0.39, 0.29) is 11.9 Å². The zero-order chi connectivity index (χ0) is 14.5. The van der Waals surface area contributed by atoms with E-state index in [0.29, 0.717) is 5.92 Å². The molecule has 2 rings (SSSR count). The van der Waals surface area contributed by atoms with E-state index in [9.17, 15) is 4.79 Å². The number of carbonyl (C=O) groups excluding carboxylic acids is 1. The molecular formula is C16H19BrN2O. The van der Waals surface area contributed by atoms with E-state index in [0.717, 1.165) is 16.6 Å². The summed E-state index contributed by atoms with van der Waals surface area (Å²) in [6.07, 6.45) is 4.69. The molecule has 0 saturated heterocycles. The fourth-order valence-corrected chi connectivity index (χ4v) is 2.56. The lowest BCUT2D eigenvalue weighted by molar-refractivity contribution is -0.119. The first-order valence-corrected chi connectivity index (χ1v) is 7.54. The van der Waals surface area contributed by atoms with Gasteiger partial charge in [0.05, 0.1) is 0 Å². The maximum Gasteiger partial charge on any atom is 0.247 e. The highest BCUT2D eigenvalue weighted by Crippen LogP contribution is 2.21. The monoisotopic (exact) mass is 334 g/mol. The normalized spacial score (nSPS) is 12.4. The fraction of sp³-hybridized carbons (Fsp3) is 0.312. The summed E-state index contributed by atoms with van der Waals surface area (Å²) in [6.45, 7) is 4.26. The van der Waals surface area contributed by atoms with Crippen LogP contribution in [-0.4, -0.2) is 10.5 Å². The van der Waals surface area contributed by atoms with E-state index in [1.165, 1.54) is 0 Å². The highest BCUT2D eigenvalue weighted by molar-refractivity contribution is 9.10. The van der Waals surface area contributed by atoms with Crippen LogP contribution in [0.5, 0.6) is 0 Å². The molecule has 3 nitrogen and oxygen atoms in total. The minimum atomic E-state index is -0.177. The molecule has 0 aliphatic carbocycles. The Kier molecular flexibility index (Phi) is 5.01. The average Bonchev–Trinajstić information content (AvgIpc) is 2.89. The Morgan fingerprint density at radius 1 is 1.25 bits per heavy atom. The third kappa shape index (κ3) is 3.97. The second-order valence-electron chi connectivity index (χ2n) is 5.28. The van der Waals surface area contributed by atoms with Crippen LogP contribution in [-0.2, 0) is 4.79 Å². The smallest absolute Gasteiger partial charge is 0.247 e. The Balaban J connectivity index is 2.14. The van der Waals surface area contributed by atoms with Crippen molar-refractivity contribution in [2.45, 2.75) is 26.3 Å². The largest absolute Gasteiger partial charge is 0.342 e. The number of nitrogens with zero attached hydrogens (tertiary/aromatic N) is 1. The molecule has 0 aliphatic heterocycles. The Morgan fingerprint density at radius 2 is 1.95 bits per heavy atom. The zero-order valence-corrected chi connectivity index (χ0v) is 13.3. The van der Waals surface area contributed by atoms with Crippen molar-refractivity contribution >= 4 is 27.5 Å². The van der Waals surface area contributed by atoms with Crippen molar-refractivity contribution < 1.29 is 4.79 Å². The van der Waals surface area contributed by atoms with E-state index < -0.39 is 0 Å². The highest BCUT2D eigenvalue weighted by Gasteiger charge is 2.20. The van der Waals surface area contributed by atoms with Gasteiger partial charge in [-0.3, -0.25) is 4.79 Å². The summed E-state index contributed by atoms with van der Waals surface area (Å²) in [5.74, 6) is 0.476. The molecule has 0 saturated carbocycles. The number of anilines is 1. The maximum absolute atomic E-state index is 12.5. The van der Waals surface area contributed by atoms with Gasteiger partial charge < -0.3 is 9.88 Å². The third-order valence-electron chi connectivity index (χ3n) is 3.08. The molecule has 0 radical (unpaired) electrons. The summed E-state index contributed by atoms with van der Waals surface area (Å²) in [4.78, 5) is 12.5. The summed E-state index contributed by atoms with van der Waals surface area (Å²) in [6, 6.07) is 11.4. The molecule has 1 amide bonds. The first-order chi connectivity index (χ1) is 9.56. The van der Waals surface area contributed by atoms with Crippen molar-refractivity contribution in [2.75, 3.05) is 5.32 Å². The van der Waals surface area contributed by atoms with E-state index in [1.807, 2.05) is 53.4 Å². The lowest BCUT2D eigenvalue weighted by Gasteiger charge is -2.20. The second-order valence-corrected chi connectivity index (χ2v) is 6.19. The number of nitrogens with one attached hydrogen (secondary N) is 1. The van der Waals surface area contributed by atoms with E-state index in [1.54, 1.807) is 0 Å². The molecule has 0 aliphatic rings. The summed E-state index contributed by atoms with van der Waals surface area (Å²) >= 11 is 3.41.